The van der Waals surface area contributed by atoms with E-state index in [1.807, 2.05) is 6.07 Å². The van der Waals surface area contributed by atoms with Gasteiger partial charge in [-0.2, -0.15) is 9.57 Å². The Kier molecular flexibility index (Phi) is 4.66. The Morgan fingerprint density at radius 2 is 2.30 bits per heavy atom. The van der Waals surface area contributed by atoms with Crippen molar-refractivity contribution in [3.8, 4) is 6.07 Å². The van der Waals surface area contributed by atoms with Gasteiger partial charge in [0, 0.05) is 20.2 Å². The quantitative estimate of drug-likeness (QED) is 0.852. The average Bonchev–Trinajstić information content (AvgIpc) is 2.91. The second kappa shape index (κ2) is 6.10. The number of hydrogen-bond donors (Lipinski definition) is 0. The highest BCUT2D eigenvalue weighted by Gasteiger charge is 2.26. The summed E-state index contributed by atoms with van der Waals surface area (Å²) >= 11 is 5.88. The van der Waals surface area contributed by atoms with E-state index < -0.39 is 10.0 Å². The first-order chi connectivity index (χ1) is 9.45. The fourth-order valence-electron chi connectivity index (χ4n) is 2.10. The van der Waals surface area contributed by atoms with Gasteiger partial charge in [0.2, 0.25) is 10.0 Å². The van der Waals surface area contributed by atoms with E-state index >= 15 is 0 Å². The Hall–Kier alpha value is -1.13. The lowest BCUT2D eigenvalue weighted by Gasteiger charge is -2.20. The van der Waals surface area contributed by atoms with Gasteiger partial charge in [-0.15, -0.1) is 0 Å². The first-order valence-corrected chi connectivity index (χ1v) is 8.04. The fraction of sp³-hybridized carbons (Fsp3) is 0.462. The lowest BCUT2D eigenvalue weighted by atomic mass is 10.2. The third-order valence-corrected chi connectivity index (χ3v) is 5.39. The van der Waals surface area contributed by atoms with Crippen molar-refractivity contribution in [2.45, 2.75) is 23.8 Å². The largest absolute Gasteiger partial charge is 0.377 e. The van der Waals surface area contributed by atoms with Crippen LogP contribution in [0.25, 0.3) is 0 Å². The van der Waals surface area contributed by atoms with Crippen molar-refractivity contribution in [2.75, 3.05) is 20.2 Å². The SMILES string of the molecule is CN(CC1CCCO1)S(=O)(=O)c1ccc(C#N)c(Cl)c1. The van der Waals surface area contributed by atoms with Gasteiger partial charge in [0.05, 0.1) is 21.6 Å². The minimum atomic E-state index is -3.61. The minimum absolute atomic E-state index is 0.0522. The molecule has 1 aromatic carbocycles. The molecule has 2 rings (SSSR count). The molecule has 0 saturated carbocycles. The first-order valence-electron chi connectivity index (χ1n) is 6.22. The van der Waals surface area contributed by atoms with Crippen molar-refractivity contribution in [1.82, 2.24) is 4.31 Å². The Labute approximate surface area is 123 Å². The van der Waals surface area contributed by atoms with Crippen LogP contribution in [0.5, 0.6) is 0 Å². The maximum absolute atomic E-state index is 12.4. The van der Waals surface area contributed by atoms with E-state index in [0.717, 1.165) is 12.8 Å². The van der Waals surface area contributed by atoms with Crippen LogP contribution in [0, 0.1) is 11.3 Å². The Morgan fingerprint density at radius 1 is 1.55 bits per heavy atom. The molecule has 1 aromatic rings. The summed E-state index contributed by atoms with van der Waals surface area (Å²) in [5.41, 5.74) is 0.257. The van der Waals surface area contributed by atoms with E-state index in [4.69, 9.17) is 21.6 Å². The summed E-state index contributed by atoms with van der Waals surface area (Å²) in [6.07, 6.45) is 1.78. The molecule has 1 aliphatic heterocycles. The molecule has 0 radical (unpaired) electrons. The Bertz CT molecular complexity index is 634. The molecular formula is C13H15ClN2O3S. The Morgan fingerprint density at radius 3 is 2.85 bits per heavy atom. The summed E-state index contributed by atoms with van der Waals surface area (Å²) in [6.45, 7) is 1.00. The monoisotopic (exact) mass is 314 g/mol. The van der Waals surface area contributed by atoms with Gasteiger partial charge in [0.25, 0.3) is 0 Å². The van der Waals surface area contributed by atoms with Gasteiger partial charge in [-0.25, -0.2) is 8.42 Å². The third-order valence-electron chi connectivity index (χ3n) is 3.25. The molecule has 1 fully saturated rings. The van der Waals surface area contributed by atoms with Crippen LogP contribution in [0.15, 0.2) is 23.1 Å². The molecule has 7 heteroatoms. The average molecular weight is 315 g/mol. The molecule has 0 amide bonds. The highest BCUT2D eigenvalue weighted by molar-refractivity contribution is 7.89. The van der Waals surface area contributed by atoms with Crippen LogP contribution in [-0.4, -0.2) is 39.0 Å². The maximum atomic E-state index is 12.4. The summed E-state index contributed by atoms with van der Waals surface area (Å²) in [5, 5.41) is 8.94. The number of nitrogens with zero attached hydrogens (tertiary/aromatic N) is 2. The van der Waals surface area contributed by atoms with Gasteiger partial charge in [0.15, 0.2) is 0 Å². The van der Waals surface area contributed by atoms with Crippen molar-refractivity contribution >= 4 is 21.6 Å². The number of sulfonamides is 1. The summed E-state index contributed by atoms with van der Waals surface area (Å²) in [5.74, 6) is 0. The number of likely N-dealkylation sites (N-methyl/N-ethyl adjacent to an activating group) is 1. The normalized spacial score (nSPS) is 19.2. The molecule has 108 valence electrons. The van der Waals surface area contributed by atoms with E-state index in [1.165, 1.54) is 29.6 Å². The van der Waals surface area contributed by atoms with Crippen molar-refractivity contribution in [3.05, 3.63) is 28.8 Å². The van der Waals surface area contributed by atoms with E-state index in [1.54, 1.807) is 0 Å². The predicted molar refractivity (Wildman–Crippen MR) is 75.0 cm³/mol. The highest BCUT2D eigenvalue weighted by atomic mass is 35.5. The van der Waals surface area contributed by atoms with Crippen molar-refractivity contribution in [2.24, 2.45) is 0 Å². The molecule has 0 aliphatic carbocycles. The fourth-order valence-corrected chi connectivity index (χ4v) is 3.62. The number of halogens is 1. The second-order valence-corrected chi connectivity index (χ2v) is 7.13. The third kappa shape index (κ3) is 3.13. The van der Waals surface area contributed by atoms with Crippen molar-refractivity contribution in [1.29, 1.82) is 5.26 Å². The summed E-state index contributed by atoms with van der Waals surface area (Å²) in [6, 6.07) is 6.01. The second-order valence-electron chi connectivity index (χ2n) is 4.67. The number of rotatable bonds is 4. The summed E-state index contributed by atoms with van der Waals surface area (Å²) in [4.78, 5) is 0.0852. The molecule has 20 heavy (non-hydrogen) atoms. The molecule has 0 bridgehead atoms. The topological polar surface area (TPSA) is 70.4 Å². The lowest BCUT2D eigenvalue weighted by molar-refractivity contribution is 0.0979. The molecule has 1 atom stereocenters. The Balaban J connectivity index is 2.20. The van der Waals surface area contributed by atoms with E-state index in [-0.39, 0.29) is 21.6 Å². The van der Waals surface area contributed by atoms with Crippen LogP contribution in [0.1, 0.15) is 18.4 Å². The number of benzene rings is 1. The molecule has 0 N–H and O–H groups in total. The van der Waals surface area contributed by atoms with Crippen LogP contribution >= 0.6 is 11.6 Å². The van der Waals surface area contributed by atoms with Gasteiger partial charge in [0.1, 0.15) is 6.07 Å². The molecule has 1 saturated heterocycles. The molecule has 5 nitrogen and oxygen atoms in total. The maximum Gasteiger partial charge on any atom is 0.242 e. The van der Waals surface area contributed by atoms with Crippen molar-refractivity contribution < 1.29 is 13.2 Å². The number of ether oxygens (including phenoxy) is 1. The van der Waals surface area contributed by atoms with Crippen LogP contribution in [-0.2, 0) is 14.8 Å². The molecule has 0 spiro atoms. The van der Waals surface area contributed by atoms with Gasteiger partial charge < -0.3 is 4.74 Å². The molecular weight excluding hydrogens is 300 g/mol. The van der Waals surface area contributed by atoms with E-state index in [0.29, 0.717) is 13.2 Å². The van der Waals surface area contributed by atoms with E-state index in [2.05, 4.69) is 0 Å². The van der Waals surface area contributed by atoms with Gasteiger partial charge in [-0.3, -0.25) is 0 Å². The van der Waals surface area contributed by atoms with Gasteiger partial charge >= 0.3 is 0 Å². The van der Waals surface area contributed by atoms with Crippen LogP contribution in [0.3, 0.4) is 0 Å². The zero-order valence-electron chi connectivity index (χ0n) is 11.0. The van der Waals surface area contributed by atoms with Gasteiger partial charge in [-0.1, -0.05) is 11.6 Å². The zero-order valence-corrected chi connectivity index (χ0v) is 12.6. The molecule has 1 heterocycles. The first kappa shape index (κ1) is 15.3. The number of hydrogen-bond acceptors (Lipinski definition) is 4. The highest BCUT2D eigenvalue weighted by Crippen LogP contribution is 2.23. The summed E-state index contributed by atoms with van der Waals surface area (Å²) < 4.78 is 31.5. The van der Waals surface area contributed by atoms with Crippen LogP contribution < -0.4 is 0 Å². The smallest absolute Gasteiger partial charge is 0.242 e. The standard InChI is InChI=1S/C13H15ClN2O3S/c1-16(9-11-3-2-6-19-11)20(17,18)12-5-4-10(8-15)13(14)7-12/h4-5,7,11H,2-3,6,9H2,1H3. The minimum Gasteiger partial charge on any atom is -0.377 e. The molecule has 1 unspecified atom stereocenters. The van der Waals surface area contributed by atoms with Crippen molar-refractivity contribution in [3.63, 3.8) is 0 Å². The zero-order chi connectivity index (χ0) is 14.8. The van der Waals surface area contributed by atoms with Crippen LogP contribution in [0.4, 0.5) is 0 Å². The molecule has 1 aliphatic rings. The van der Waals surface area contributed by atoms with Gasteiger partial charge in [-0.05, 0) is 31.0 Å². The lowest BCUT2D eigenvalue weighted by Crippen LogP contribution is -2.34. The van der Waals surface area contributed by atoms with E-state index in [9.17, 15) is 8.42 Å². The predicted octanol–water partition coefficient (Wildman–Crippen LogP) is 2.01. The number of nitriles is 1. The van der Waals surface area contributed by atoms with Crippen LogP contribution in [0.2, 0.25) is 5.02 Å². The molecule has 0 aromatic heterocycles. The summed E-state index contributed by atoms with van der Waals surface area (Å²) in [7, 11) is -2.10.